The van der Waals surface area contributed by atoms with Crippen molar-refractivity contribution < 1.29 is 5.11 Å². The van der Waals surface area contributed by atoms with Gasteiger partial charge >= 0.3 is 0 Å². The Kier molecular flexibility index (Phi) is 4.52. The van der Waals surface area contributed by atoms with Crippen LogP contribution < -0.4 is 5.32 Å². The fourth-order valence-corrected chi connectivity index (χ4v) is 2.57. The van der Waals surface area contributed by atoms with Gasteiger partial charge in [0, 0.05) is 30.4 Å². The zero-order chi connectivity index (χ0) is 13.0. The number of imidazole rings is 1. The van der Waals surface area contributed by atoms with Gasteiger partial charge in [-0.05, 0) is 24.8 Å². The van der Waals surface area contributed by atoms with E-state index in [1.54, 1.807) is 17.5 Å². The molecule has 2 atom stereocenters. The molecule has 0 radical (unpaired) electrons. The summed E-state index contributed by atoms with van der Waals surface area (Å²) in [5.74, 6) is 1.01. The Morgan fingerprint density at radius 3 is 3.00 bits per heavy atom. The molecular formula is C13H19N3OS. The van der Waals surface area contributed by atoms with Crippen LogP contribution in [0, 0.1) is 0 Å². The summed E-state index contributed by atoms with van der Waals surface area (Å²) in [4.78, 5) is 5.29. The average Bonchev–Trinajstić information content (AvgIpc) is 2.97. The average molecular weight is 265 g/mol. The van der Waals surface area contributed by atoms with Crippen LogP contribution in [0.5, 0.6) is 0 Å². The third-order valence-electron chi connectivity index (χ3n) is 2.98. The third-order valence-corrected chi connectivity index (χ3v) is 3.95. The number of aryl methyl sites for hydroxylation is 1. The first-order chi connectivity index (χ1) is 8.66. The molecular weight excluding hydrogens is 246 g/mol. The van der Waals surface area contributed by atoms with E-state index in [0.717, 1.165) is 17.2 Å². The van der Waals surface area contributed by atoms with Crippen molar-refractivity contribution in [1.29, 1.82) is 0 Å². The van der Waals surface area contributed by atoms with Gasteiger partial charge in [0.25, 0.3) is 0 Å². The Balaban J connectivity index is 1.79. The second-order valence-electron chi connectivity index (χ2n) is 4.50. The van der Waals surface area contributed by atoms with Gasteiger partial charge in [0.05, 0.1) is 12.6 Å². The fraction of sp³-hybridized carbons (Fsp3) is 0.462. The molecule has 2 aromatic rings. The Labute approximate surface area is 111 Å². The van der Waals surface area contributed by atoms with Crippen molar-refractivity contribution in [2.75, 3.05) is 0 Å². The lowest BCUT2D eigenvalue weighted by atomic mass is 10.1. The van der Waals surface area contributed by atoms with Crippen LogP contribution in [0.15, 0.2) is 29.9 Å². The minimum absolute atomic E-state index is 0.249. The minimum Gasteiger partial charge on any atom is -0.388 e. The molecule has 4 nitrogen and oxygen atoms in total. The van der Waals surface area contributed by atoms with Crippen LogP contribution in [0.3, 0.4) is 0 Å². The van der Waals surface area contributed by atoms with E-state index < -0.39 is 0 Å². The second kappa shape index (κ2) is 6.13. The molecule has 18 heavy (non-hydrogen) atoms. The minimum atomic E-state index is -0.381. The molecule has 2 heterocycles. The highest BCUT2D eigenvalue weighted by Gasteiger charge is 2.13. The lowest BCUT2D eigenvalue weighted by Crippen LogP contribution is -2.28. The molecule has 2 aromatic heterocycles. The smallest absolute Gasteiger partial charge is 0.122 e. The number of rotatable bonds is 6. The van der Waals surface area contributed by atoms with Gasteiger partial charge in [0.2, 0.25) is 0 Å². The Morgan fingerprint density at radius 1 is 1.56 bits per heavy atom. The van der Waals surface area contributed by atoms with E-state index >= 15 is 0 Å². The Hall–Kier alpha value is -1.17. The maximum Gasteiger partial charge on any atom is 0.122 e. The van der Waals surface area contributed by atoms with Crippen molar-refractivity contribution >= 4 is 11.3 Å². The molecule has 0 saturated heterocycles. The molecule has 5 heteroatoms. The predicted octanol–water partition coefficient (Wildman–Crippen LogP) is 2.08. The molecule has 0 saturated carbocycles. The summed E-state index contributed by atoms with van der Waals surface area (Å²) in [5, 5.41) is 15.4. The van der Waals surface area contributed by atoms with Gasteiger partial charge in [-0.15, -0.1) is 11.3 Å². The van der Waals surface area contributed by atoms with Gasteiger partial charge in [-0.3, -0.25) is 0 Å². The molecule has 0 bridgehead atoms. The van der Waals surface area contributed by atoms with Crippen LogP contribution in [0.4, 0.5) is 0 Å². The lowest BCUT2D eigenvalue weighted by Gasteiger charge is -2.17. The number of aliphatic hydroxyl groups excluding tert-OH is 1. The van der Waals surface area contributed by atoms with Crippen molar-refractivity contribution in [3.05, 3.63) is 40.6 Å². The first-order valence-electron chi connectivity index (χ1n) is 6.08. The van der Waals surface area contributed by atoms with E-state index in [1.165, 1.54) is 0 Å². The van der Waals surface area contributed by atoms with Gasteiger partial charge in [-0.2, -0.15) is 0 Å². The molecule has 0 fully saturated rings. The van der Waals surface area contributed by atoms with Crippen LogP contribution >= 0.6 is 11.3 Å². The van der Waals surface area contributed by atoms with Crippen molar-refractivity contribution in [3.8, 4) is 0 Å². The molecule has 0 unspecified atom stereocenters. The second-order valence-corrected chi connectivity index (χ2v) is 5.48. The number of hydrogen-bond acceptors (Lipinski definition) is 4. The Bertz CT molecular complexity index is 466. The van der Waals surface area contributed by atoms with Gasteiger partial charge in [0.15, 0.2) is 0 Å². The predicted molar refractivity (Wildman–Crippen MR) is 73.4 cm³/mol. The van der Waals surface area contributed by atoms with Crippen molar-refractivity contribution in [1.82, 2.24) is 14.9 Å². The molecule has 98 valence electrons. The maximum atomic E-state index is 10.0. The van der Waals surface area contributed by atoms with E-state index in [2.05, 4.69) is 17.2 Å². The largest absolute Gasteiger partial charge is 0.388 e. The van der Waals surface area contributed by atoms with Crippen molar-refractivity contribution in [2.45, 2.75) is 32.0 Å². The van der Waals surface area contributed by atoms with Crippen molar-refractivity contribution in [2.24, 2.45) is 7.05 Å². The molecule has 2 rings (SSSR count). The Morgan fingerprint density at radius 2 is 2.39 bits per heavy atom. The molecule has 0 aromatic carbocycles. The van der Waals surface area contributed by atoms with Crippen LogP contribution in [-0.4, -0.2) is 20.7 Å². The maximum absolute atomic E-state index is 10.0. The summed E-state index contributed by atoms with van der Waals surface area (Å²) >= 11 is 1.60. The summed E-state index contributed by atoms with van der Waals surface area (Å²) < 4.78 is 2.00. The normalized spacial score (nSPS) is 14.6. The highest BCUT2D eigenvalue weighted by atomic mass is 32.1. The van der Waals surface area contributed by atoms with E-state index in [0.29, 0.717) is 6.42 Å². The zero-order valence-corrected chi connectivity index (χ0v) is 11.5. The summed E-state index contributed by atoms with van der Waals surface area (Å²) in [6, 6.07) is 4.19. The van der Waals surface area contributed by atoms with E-state index in [9.17, 15) is 5.11 Å². The number of aliphatic hydroxyl groups is 1. The van der Waals surface area contributed by atoms with E-state index in [-0.39, 0.29) is 12.1 Å². The van der Waals surface area contributed by atoms with E-state index in [1.807, 2.05) is 35.3 Å². The first-order valence-corrected chi connectivity index (χ1v) is 6.96. The number of thiophene rings is 1. The van der Waals surface area contributed by atoms with Crippen LogP contribution in [-0.2, 0) is 13.6 Å². The summed E-state index contributed by atoms with van der Waals surface area (Å²) in [5.41, 5.74) is 0. The van der Waals surface area contributed by atoms with Gasteiger partial charge in [0.1, 0.15) is 5.82 Å². The standard InChI is InChI=1S/C13H19N3OS/c1-10(8-11(17)12-4-3-7-18-12)15-9-13-14-5-6-16(13)2/h3-7,10-11,15,17H,8-9H2,1-2H3/t10-,11-/m0/s1. The van der Waals surface area contributed by atoms with Gasteiger partial charge in [-0.25, -0.2) is 4.98 Å². The van der Waals surface area contributed by atoms with Crippen LogP contribution in [0.1, 0.15) is 30.2 Å². The molecule has 0 amide bonds. The molecule has 2 N–H and O–H groups in total. The first kappa shape index (κ1) is 13.3. The quantitative estimate of drug-likeness (QED) is 0.841. The molecule has 0 aliphatic rings. The highest BCUT2D eigenvalue weighted by molar-refractivity contribution is 7.10. The zero-order valence-electron chi connectivity index (χ0n) is 10.7. The van der Waals surface area contributed by atoms with Crippen molar-refractivity contribution in [3.63, 3.8) is 0 Å². The van der Waals surface area contributed by atoms with Gasteiger partial charge in [-0.1, -0.05) is 6.07 Å². The van der Waals surface area contributed by atoms with E-state index in [4.69, 9.17) is 0 Å². The van der Waals surface area contributed by atoms with Crippen LogP contribution in [0.2, 0.25) is 0 Å². The molecule has 0 aliphatic carbocycles. The summed E-state index contributed by atoms with van der Waals surface area (Å²) in [7, 11) is 1.98. The number of nitrogens with one attached hydrogen (secondary N) is 1. The number of hydrogen-bond donors (Lipinski definition) is 2. The number of nitrogens with zero attached hydrogens (tertiary/aromatic N) is 2. The van der Waals surface area contributed by atoms with Gasteiger partial charge < -0.3 is 15.0 Å². The highest BCUT2D eigenvalue weighted by Crippen LogP contribution is 2.22. The SMILES string of the molecule is C[C@@H](C[C@H](O)c1cccs1)NCc1nccn1C. The summed E-state index contributed by atoms with van der Waals surface area (Å²) in [6.07, 6.45) is 4.06. The summed E-state index contributed by atoms with van der Waals surface area (Å²) in [6.45, 7) is 2.81. The molecule has 0 aliphatic heterocycles. The monoisotopic (exact) mass is 265 g/mol. The van der Waals surface area contributed by atoms with Crippen LogP contribution in [0.25, 0.3) is 0 Å². The fourth-order valence-electron chi connectivity index (χ4n) is 1.85. The third kappa shape index (κ3) is 3.41. The molecule has 0 spiro atoms. The lowest BCUT2D eigenvalue weighted by molar-refractivity contribution is 0.157. The number of aromatic nitrogens is 2. The topological polar surface area (TPSA) is 50.1 Å².